The number of carbonyl (C=O) groups is 1. The van der Waals surface area contributed by atoms with Gasteiger partial charge in [-0.1, -0.05) is 30.3 Å². The summed E-state index contributed by atoms with van der Waals surface area (Å²) in [5.74, 6) is 0. The zero-order valence-electron chi connectivity index (χ0n) is 14.4. The minimum absolute atomic E-state index is 0.102. The summed E-state index contributed by atoms with van der Waals surface area (Å²) in [5, 5.41) is 2.94. The average Bonchev–Trinajstić information content (AvgIpc) is 3.06. The van der Waals surface area contributed by atoms with Crippen molar-refractivity contribution < 1.29 is 4.79 Å². The topological polar surface area (TPSA) is 50.2 Å². The number of amides is 1. The lowest BCUT2D eigenvalue weighted by atomic mass is 9.91. The molecule has 0 aliphatic heterocycles. The fourth-order valence-electron chi connectivity index (χ4n) is 2.95. The van der Waals surface area contributed by atoms with Crippen molar-refractivity contribution in [2.75, 3.05) is 13.1 Å². The standard InChI is InChI=1S/C18H26N4O/c1-15(2)22(18(3,4)16-8-6-5-7-9-16)13-11-20-17(23)21-12-10-19-14-21/h5-10,12,14-15H,11,13H2,1-4H3,(H,20,23). The molecular formula is C18H26N4O. The summed E-state index contributed by atoms with van der Waals surface area (Å²) in [5.41, 5.74) is 1.17. The lowest BCUT2D eigenvalue weighted by Crippen LogP contribution is -2.49. The number of nitrogens with zero attached hydrogens (tertiary/aromatic N) is 3. The highest BCUT2D eigenvalue weighted by Crippen LogP contribution is 2.29. The predicted molar refractivity (Wildman–Crippen MR) is 92.3 cm³/mol. The molecule has 0 aliphatic carbocycles. The summed E-state index contributed by atoms with van der Waals surface area (Å²) < 4.78 is 1.45. The van der Waals surface area contributed by atoms with Crippen LogP contribution in [-0.2, 0) is 5.54 Å². The SMILES string of the molecule is CC(C)N(CCNC(=O)n1ccnc1)C(C)(C)c1ccccc1. The number of hydrogen-bond donors (Lipinski definition) is 1. The highest BCUT2D eigenvalue weighted by molar-refractivity contribution is 5.76. The summed E-state index contributed by atoms with van der Waals surface area (Å²) in [6, 6.07) is 10.7. The summed E-state index contributed by atoms with van der Waals surface area (Å²) in [7, 11) is 0. The molecule has 0 unspecified atom stereocenters. The van der Waals surface area contributed by atoms with Crippen LogP contribution in [0.5, 0.6) is 0 Å². The Morgan fingerprint density at radius 1 is 1.30 bits per heavy atom. The van der Waals surface area contributed by atoms with Gasteiger partial charge in [-0.05, 0) is 33.3 Å². The summed E-state index contributed by atoms with van der Waals surface area (Å²) >= 11 is 0. The molecule has 0 saturated heterocycles. The first-order chi connectivity index (χ1) is 10.9. The Labute approximate surface area is 138 Å². The van der Waals surface area contributed by atoms with Gasteiger partial charge >= 0.3 is 6.03 Å². The molecule has 2 aromatic rings. The number of aromatic nitrogens is 2. The van der Waals surface area contributed by atoms with Crippen molar-refractivity contribution in [3.8, 4) is 0 Å². The van der Waals surface area contributed by atoms with E-state index in [4.69, 9.17) is 0 Å². The lowest BCUT2D eigenvalue weighted by molar-refractivity contribution is 0.0842. The fourth-order valence-corrected chi connectivity index (χ4v) is 2.95. The normalized spacial score (nSPS) is 11.9. The van der Waals surface area contributed by atoms with E-state index in [1.165, 1.54) is 16.5 Å². The Kier molecular flexibility index (Phi) is 5.55. The van der Waals surface area contributed by atoms with Crippen LogP contribution >= 0.6 is 0 Å². The molecule has 1 amide bonds. The number of rotatable bonds is 6. The van der Waals surface area contributed by atoms with Crippen molar-refractivity contribution in [3.63, 3.8) is 0 Å². The van der Waals surface area contributed by atoms with Crippen LogP contribution in [0.25, 0.3) is 0 Å². The molecule has 1 aromatic carbocycles. The van der Waals surface area contributed by atoms with Crippen LogP contribution in [0.3, 0.4) is 0 Å². The van der Waals surface area contributed by atoms with Gasteiger partial charge in [0.2, 0.25) is 0 Å². The number of imidazole rings is 1. The second kappa shape index (κ2) is 7.42. The van der Waals surface area contributed by atoms with Crippen molar-refractivity contribution in [2.24, 2.45) is 0 Å². The molecule has 1 aromatic heterocycles. The van der Waals surface area contributed by atoms with Gasteiger partial charge in [-0.25, -0.2) is 9.78 Å². The van der Waals surface area contributed by atoms with Gasteiger partial charge < -0.3 is 5.32 Å². The van der Waals surface area contributed by atoms with Crippen LogP contribution in [0, 0.1) is 0 Å². The first-order valence-corrected chi connectivity index (χ1v) is 8.01. The van der Waals surface area contributed by atoms with Crippen molar-refractivity contribution in [1.29, 1.82) is 0 Å². The maximum atomic E-state index is 12.0. The first-order valence-electron chi connectivity index (χ1n) is 8.01. The molecule has 0 bridgehead atoms. The van der Waals surface area contributed by atoms with Crippen LogP contribution in [0.1, 0.15) is 33.3 Å². The third-order valence-electron chi connectivity index (χ3n) is 4.19. The van der Waals surface area contributed by atoms with Crippen LogP contribution in [-0.4, -0.2) is 39.6 Å². The predicted octanol–water partition coefficient (Wildman–Crippen LogP) is 3.09. The molecule has 124 valence electrons. The molecule has 0 fully saturated rings. The van der Waals surface area contributed by atoms with Gasteiger partial charge in [0.1, 0.15) is 6.33 Å². The van der Waals surface area contributed by atoms with Crippen molar-refractivity contribution in [3.05, 3.63) is 54.6 Å². The van der Waals surface area contributed by atoms with E-state index in [2.05, 4.69) is 67.2 Å². The van der Waals surface area contributed by atoms with Crippen molar-refractivity contribution in [2.45, 2.75) is 39.3 Å². The van der Waals surface area contributed by atoms with E-state index < -0.39 is 0 Å². The van der Waals surface area contributed by atoms with Crippen LogP contribution in [0.4, 0.5) is 4.79 Å². The largest absolute Gasteiger partial charge is 0.336 e. The van der Waals surface area contributed by atoms with Crippen molar-refractivity contribution in [1.82, 2.24) is 19.8 Å². The Hall–Kier alpha value is -2.14. The molecule has 1 heterocycles. The van der Waals surface area contributed by atoms with Gasteiger partial charge in [-0.15, -0.1) is 0 Å². The van der Waals surface area contributed by atoms with Gasteiger partial charge in [0.05, 0.1) is 0 Å². The molecule has 0 atom stereocenters. The highest BCUT2D eigenvalue weighted by Gasteiger charge is 2.30. The molecule has 5 nitrogen and oxygen atoms in total. The van der Waals surface area contributed by atoms with E-state index in [0.29, 0.717) is 12.6 Å². The summed E-state index contributed by atoms with van der Waals surface area (Å²) in [4.78, 5) is 18.3. The van der Waals surface area contributed by atoms with E-state index in [9.17, 15) is 4.79 Å². The van der Waals surface area contributed by atoms with Crippen LogP contribution < -0.4 is 5.32 Å². The molecule has 0 aliphatic rings. The Morgan fingerprint density at radius 3 is 2.57 bits per heavy atom. The molecule has 23 heavy (non-hydrogen) atoms. The monoisotopic (exact) mass is 314 g/mol. The minimum Gasteiger partial charge on any atom is -0.336 e. The second-order valence-electron chi connectivity index (χ2n) is 6.41. The third-order valence-corrected chi connectivity index (χ3v) is 4.19. The van der Waals surface area contributed by atoms with Crippen LogP contribution in [0.15, 0.2) is 49.1 Å². The first kappa shape index (κ1) is 17.2. The fraction of sp³-hybridized carbons (Fsp3) is 0.444. The van der Waals surface area contributed by atoms with Gasteiger partial charge in [-0.2, -0.15) is 0 Å². The second-order valence-corrected chi connectivity index (χ2v) is 6.41. The Balaban J connectivity index is 2.00. The number of carbonyl (C=O) groups excluding carboxylic acids is 1. The highest BCUT2D eigenvalue weighted by atomic mass is 16.2. The van der Waals surface area contributed by atoms with E-state index in [0.717, 1.165) is 6.54 Å². The third kappa shape index (κ3) is 4.20. The zero-order chi connectivity index (χ0) is 16.9. The molecule has 1 N–H and O–H groups in total. The lowest BCUT2D eigenvalue weighted by Gasteiger charge is -2.42. The summed E-state index contributed by atoms with van der Waals surface area (Å²) in [6.45, 7) is 10.2. The molecule has 0 spiro atoms. The molecule has 0 saturated carbocycles. The Bertz CT molecular complexity index is 605. The maximum absolute atomic E-state index is 12.0. The van der Waals surface area contributed by atoms with E-state index in [1.807, 2.05) is 6.07 Å². The minimum atomic E-state index is -0.149. The molecule has 5 heteroatoms. The smallest absolute Gasteiger partial charge is 0.326 e. The number of nitrogens with one attached hydrogen (secondary N) is 1. The number of benzene rings is 1. The quantitative estimate of drug-likeness (QED) is 0.891. The van der Waals surface area contributed by atoms with Gasteiger partial charge in [0.15, 0.2) is 0 Å². The molecule has 2 rings (SSSR count). The maximum Gasteiger partial charge on any atom is 0.326 e. The zero-order valence-corrected chi connectivity index (χ0v) is 14.4. The van der Waals surface area contributed by atoms with E-state index >= 15 is 0 Å². The van der Waals surface area contributed by atoms with E-state index in [1.54, 1.807) is 12.4 Å². The average molecular weight is 314 g/mol. The molecular weight excluding hydrogens is 288 g/mol. The van der Waals surface area contributed by atoms with Crippen molar-refractivity contribution >= 4 is 6.03 Å². The summed E-state index contributed by atoms with van der Waals surface area (Å²) in [6.07, 6.45) is 4.74. The van der Waals surface area contributed by atoms with Gasteiger partial charge in [-0.3, -0.25) is 9.47 Å². The van der Waals surface area contributed by atoms with Gasteiger partial charge in [0, 0.05) is 37.1 Å². The number of hydrogen-bond acceptors (Lipinski definition) is 3. The van der Waals surface area contributed by atoms with Crippen LogP contribution in [0.2, 0.25) is 0 Å². The van der Waals surface area contributed by atoms with Gasteiger partial charge in [0.25, 0.3) is 0 Å². The van der Waals surface area contributed by atoms with E-state index in [-0.39, 0.29) is 11.6 Å². The Morgan fingerprint density at radius 2 is 2.00 bits per heavy atom. The molecule has 0 radical (unpaired) electrons.